The number of nitrogens with zero attached hydrogens (tertiary/aromatic N) is 4. The number of aromatic nitrogens is 2. The van der Waals surface area contributed by atoms with Gasteiger partial charge in [0.05, 0.1) is 17.7 Å². The minimum atomic E-state index is -1.38. The number of aliphatic carboxylic acids is 2. The van der Waals surface area contributed by atoms with Crippen LogP contribution in [0, 0.1) is 22.7 Å². The number of amides is 1. The molecule has 0 saturated carbocycles. The number of nitriles is 2. The predicted molar refractivity (Wildman–Crippen MR) is 202 cm³/mol. The Morgan fingerprint density at radius 2 is 1.58 bits per heavy atom. The molecule has 1 amide bonds. The predicted octanol–water partition coefficient (Wildman–Crippen LogP) is 3.98. The Bertz CT molecular complexity index is 2000. The Labute approximate surface area is 361 Å². The molecule has 4 rings (SSSR count). The van der Waals surface area contributed by atoms with Gasteiger partial charge < -0.3 is 30.7 Å². The summed E-state index contributed by atoms with van der Waals surface area (Å²) >= 11 is 8.75. The standard InChI is InChI=1S/C34H29ClN6O8S2.2Na.2H/c35-21-5-1-20(2-6-21)32-39-22(17-50-32)18-51-33-25(16-37)30(24(15-36)31(38)41-33)19-3-7-23(8-4-19)48-13-14-49-29(45)12-9-26(34(46)47)40-27(42)10-11-28(43)44;;;;/h1-8,17,26H,9-14,18H2,(H2,38,41)(H,40,42)(H,43,44)(H,46,47);;;;/t26-;;;;/m0..../s1. The van der Waals surface area contributed by atoms with Crippen LogP contribution in [0.1, 0.15) is 42.5 Å². The fraction of sp³-hybridized carbons (Fsp3) is 0.235. The first-order valence-electron chi connectivity index (χ1n) is 15.1. The summed E-state index contributed by atoms with van der Waals surface area (Å²) in [6.45, 7) is -0.187. The van der Waals surface area contributed by atoms with E-state index in [9.17, 15) is 34.8 Å². The number of rotatable bonds is 17. The van der Waals surface area contributed by atoms with E-state index in [1.54, 1.807) is 36.4 Å². The average molecular weight is 797 g/mol. The fourth-order valence-electron chi connectivity index (χ4n) is 4.54. The molecule has 266 valence electrons. The van der Waals surface area contributed by atoms with Crippen LogP contribution in [-0.2, 0) is 29.7 Å². The number of carbonyl (C=O) groups is 4. The van der Waals surface area contributed by atoms with Gasteiger partial charge in [-0.25, -0.2) is 14.8 Å². The number of esters is 1. The van der Waals surface area contributed by atoms with E-state index in [-0.39, 0.29) is 109 Å². The van der Waals surface area contributed by atoms with Crippen LogP contribution >= 0.6 is 34.7 Å². The van der Waals surface area contributed by atoms with E-state index in [1.807, 2.05) is 17.5 Å². The second-order valence-electron chi connectivity index (χ2n) is 10.6. The number of pyridine rings is 1. The van der Waals surface area contributed by atoms with Crippen LogP contribution in [0.15, 0.2) is 58.9 Å². The third-order valence-corrected chi connectivity index (χ3v) is 9.21. The molecule has 2 aromatic carbocycles. The number of carboxylic acids is 2. The number of nitrogens with one attached hydrogen (secondary N) is 1. The van der Waals surface area contributed by atoms with Crippen molar-refractivity contribution in [1.82, 2.24) is 15.3 Å². The molecule has 0 aliphatic carbocycles. The van der Waals surface area contributed by atoms with Gasteiger partial charge >= 0.3 is 77.0 Å². The zero-order chi connectivity index (χ0) is 36.9. The van der Waals surface area contributed by atoms with Crippen molar-refractivity contribution in [2.45, 2.75) is 42.5 Å². The molecule has 1 atom stereocenters. The number of nitrogens with two attached hydrogens (primary N) is 1. The molecule has 0 unspecified atom stereocenters. The number of ether oxygens (including phenoxy) is 2. The first kappa shape index (κ1) is 45.5. The summed E-state index contributed by atoms with van der Waals surface area (Å²) in [4.78, 5) is 54.9. The zero-order valence-electron chi connectivity index (χ0n) is 26.6. The number of hydrogen-bond donors (Lipinski definition) is 4. The van der Waals surface area contributed by atoms with Crippen LogP contribution in [0.3, 0.4) is 0 Å². The van der Waals surface area contributed by atoms with Crippen molar-refractivity contribution in [3.63, 3.8) is 0 Å². The second-order valence-corrected chi connectivity index (χ2v) is 12.8. The summed E-state index contributed by atoms with van der Waals surface area (Å²) in [5.41, 5.74) is 8.97. The van der Waals surface area contributed by atoms with Crippen molar-refractivity contribution in [3.05, 3.63) is 75.8 Å². The van der Waals surface area contributed by atoms with Crippen molar-refractivity contribution in [2.75, 3.05) is 18.9 Å². The molecule has 19 heteroatoms. The summed E-state index contributed by atoms with van der Waals surface area (Å²) in [7, 11) is 0. The number of thiazole rings is 1. The number of carbonyl (C=O) groups excluding carboxylic acids is 2. The molecule has 0 bridgehead atoms. The van der Waals surface area contributed by atoms with Gasteiger partial charge in [0.1, 0.15) is 58.6 Å². The number of benzene rings is 2. The van der Waals surface area contributed by atoms with Crippen LogP contribution in [-0.4, -0.2) is 122 Å². The van der Waals surface area contributed by atoms with Crippen LogP contribution in [0.5, 0.6) is 5.75 Å². The summed E-state index contributed by atoms with van der Waals surface area (Å²) < 4.78 is 10.7. The quantitative estimate of drug-likeness (QED) is 0.0512. The molecule has 0 radical (unpaired) electrons. The van der Waals surface area contributed by atoms with Crippen LogP contribution in [0.2, 0.25) is 5.02 Å². The number of halogens is 1. The van der Waals surface area contributed by atoms with Crippen molar-refractivity contribution < 1.29 is 38.9 Å². The van der Waals surface area contributed by atoms with E-state index in [0.717, 1.165) is 16.3 Å². The van der Waals surface area contributed by atoms with Crippen molar-refractivity contribution in [3.8, 4) is 39.6 Å². The van der Waals surface area contributed by atoms with Crippen LogP contribution < -0.4 is 15.8 Å². The molecular weight excluding hydrogens is 766 g/mol. The number of hydrogen-bond acceptors (Lipinski definition) is 13. The molecule has 4 aromatic rings. The topological polar surface area (TPSA) is 239 Å². The molecule has 2 aromatic heterocycles. The van der Waals surface area contributed by atoms with Gasteiger partial charge in [-0.2, -0.15) is 10.5 Å². The summed E-state index contributed by atoms with van der Waals surface area (Å²) in [5, 5.41) is 43.9. The van der Waals surface area contributed by atoms with E-state index in [2.05, 4.69) is 27.4 Å². The van der Waals surface area contributed by atoms with Crippen LogP contribution in [0.4, 0.5) is 5.82 Å². The van der Waals surface area contributed by atoms with E-state index < -0.39 is 36.3 Å². The molecule has 5 N–H and O–H groups in total. The van der Waals surface area contributed by atoms with Gasteiger partial charge in [0.15, 0.2) is 0 Å². The molecule has 0 aliphatic heterocycles. The van der Waals surface area contributed by atoms with E-state index in [4.69, 9.17) is 31.9 Å². The molecule has 0 fully saturated rings. The van der Waals surface area contributed by atoms with Gasteiger partial charge in [0.25, 0.3) is 0 Å². The number of nitrogen functional groups attached to an aromatic ring is 1. The summed E-state index contributed by atoms with van der Waals surface area (Å²) in [6, 6.07) is 16.7. The summed E-state index contributed by atoms with van der Waals surface area (Å²) in [6.07, 6.45) is -1.40. The molecule has 53 heavy (non-hydrogen) atoms. The molecule has 2 heterocycles. The molecule has 0 aliphatic rings. The van der Waals surface area contributed by atoms with E-state index in [0.29, 0.717) is 32.7 Å². The fourth-order valence-corrected chi connectivity index (χ4v) is 6.49. The first-order valence-corrected chi connectivity index (χ1v) is 17.3. The Balaban J connectivity index is 0.00000486. The zero-order valence-corrected chi connectivity index (χ0v) is 29.0. The SMILES string of the molecule is N#Cc1c(N)nc(SCc2csc(-c3ccc(Cl)cc3)n2)c(C#N)c1-c1ccc(OCCOC(=O)CC[C@H](NC(=O)CCC(=O)O)C(=O)O)cc1.[NaH].[NaH]. The normalized spacial score (nSPS) is 10.7. The van der Waals surface area contributed by atoms with Crippen LogP contribution in [0.25, 0.3) is 21.7 Å². The molecule has 14 nitrogen and oxygen atoms in total. The van der Waals surface area contributed by atoms with Crippen molar-refractivity contribution in [1.29, 1.82) is 10.5 Å². The average Bonchev–Trinajstić information content (AvgIpc) is 3.59. The third kappa shape index (κ3) is 13.6. The number of anilines is 1. The summed E-state index contributed by atoms with van der Waals surface area (Å²) in [5.74, 6) is -3.26. The number of thioether (sulfide) groups is 1. The second kappa shape index (κ2) is 22.5. The Morgan fingerprint density at radius 3 is 2.21 bits per heavy atom. The van der Waals surface area contributed by atoms with E-state index >= 15 is 0 Å². The maximum absolute atomic E-state index is 12.1. The molecule has 0 saturated heterocycles. The maximum atomic E-state index is 12.1. The van der Waals surface area contributed by atoms with Gasteiger partial charge in [-0.05, 0) is 36.2 Å². The van der Waals surface area contributed by atoms with Gasteiger partial charge in [0, 0.05) is 40.1 Å². The van der Waals surface area contributed by atoms with Gasteiger partial charge in [-0.15, -0.1) is 11.3 Å². The minimum absolute atomic E-state index is 0. The Hall–Kier alpha value is -3.68. The van der Waals surface area contributed by atoms with Gasteiger partial charge in [-0.1, -0.05) is 47.6 Å². The first-order chi connectivity index (χ1) is 24.5. The van der Waals surface area contributed by atoms with Gasteiger partial charge in [0.2, 0.25) is 5.91 Å². The van der Waals surface area contributed by atoms with Gasteiger partial charge in [-0.3, -0.25) is 14.4 Å². The van der Waals surface area contributed by atoms with Crippen molar-refractivity contribution >= 4 is 123 Å². The van der Waals surface area contributed by atoms with Crippen molar-refractivity contribution in [2.24, 2.45) is 0 Å². The number of carboxylic acid groups (broad SMARTS) is 2. The third-order valence-electron chi connectivity index (χ3n) is 7.01. The Kier molecular flexibility index (Phi) is 19.3. The molecule has 0 spiro atoms. The Morgan fingerprint density at radius 1 is 0.925 bits per heavy atom. The van der Waals surface area contributed by atoms with E-state index in [1.165, 1.54) is 23.1 Å². The molecular formula is C34H31ClN6Na2O8S2. The monoisotopic (exact) mass is 796 g/mol.